The minimum Gasteiger partial charge on any atom is -1.00 e. The molecule has 0 aromatic rings. The Labute approximate surface area is 182 Å². The predicted molar refractivity (Wildman–Crippen MR) is 105 cm³/mol. The van der Waals surface area contributed by atoms with Gasteiger partial charge in [-0.15, -0.1) is 0 Å². The molecule has 0 spiro atoms. The molecular weight excluding hydrogens is 328 g/mol. The third kappa shape index (κ3) is 22.4. The Balaban J connectivity index is -0.000000807. The van der Waals surface area contributed by atoms with Crippen LogP contribution in [0.25, 0.3) is 0 Å². The molecule has 0 amide bonds. The molecule has 24 heavy (non-hydrogen) atoms. The summed E-state index contributed by atoms with van der Waals surface area (Å²) in [6.07, 6.45) is 19.7. The number of Topliss-reactive ketones (excluding diaryl/α,β-unsaturated/α-hetero) is 1. The van der Waals surface area contributed by atoms with E-state index < -0.39 is 5.97 Å². The number of carboxylic acids is 1. The first kappa shape index (κ1) is 26.6. The van der Waals surface area contributed by atoms with Crippen LogP contribution in [-0.4, -0.2) is 54.6 Å². The number of hydrogen-bond acceptors (Lipinski definition) is 2. The molecule has 3 nitrogen and oxygen atoms in total. The van der Waals surface area contributed by atoms with E-state index in [1.807, 2.05) is 0 Å². The zero-order valence-corrected chi connectivity index (χ0v) is 18.2. The summed E-state index contributed by atoms with van der Waals surface area (Å²) < 4.78 is 0. The SMILES string of the molecule is CCCCCCCCCCCCCCCCCC(=O)CC(=O)O.[Ca+2].[H-].[H-]. The molecular formula is C20H40CaO3. The van der Waals surface area contributed by atoms with Crippen LogP contribution in [0.5, 0.6) is 0 Å². The summed E-state index contributed by atoms with van der Waals surface area (Å²) in [4.78, 5) is 21.6. The maximum absolute atomic E-state index is 11.2. The van der Waals surface area contributed by atoms with Gasteiger partial charge in [0, 0.05) is 6.42 Å². The van der Waals surface area contributed by atoms with E-state index in [1.165, 1.54) is 83.5 Å². The fourth-order valence-corrected chi connectivity index (χ4v) is 2.95. The van der Waals surface area contributed by atoms with Crippen molar-refractivity contribution in [1.82, 2.24) is 0 Å². The molecule has 4 heteroatoms. The summed E-state index contributed by atoms with van der Waals surface area (Å²) in [7, 11) is 0. The smallest absolute Gasteiger partial charge is 1.00 e. The van der Waals surface area contributed by atoms with E-state index in [0.29, 0.717) is 6.42 Å². The third-order valence-corrected chi connectivity index (χ3v) is 4.41. The second-order valence-corrected chi connectivity index (χ2v) is 6.81. The zero-order valence-electron chi connectivity index (χ0n) is 18.0. The Kier molecular flexibility index (Phi) is 23.8. The van der Waals surface area contributed by atoms with E-state index in [0.717, 1.165) is 12.8 Å². The minimum absolute atomic E-state index is 0. The summed E-state index contributed by atoms with van der Waals surface area (Å²) >= 11 is 0. The average Bonchev–Trinajstić information content (AvgIpc) is 2.50. The second kappa shape index (κ2) is 21.4. The molecule has 0 aliphatic carbocycles. The van der Waals surface area contributed by atoms with Gasteiger partial charge in [0.25, 0.3) is 0 Å². The minimum atomic E-state index is -1.00. The molecule has 0 heterocycles. The van der Waals surface area contributed by atoms with Gasteiger partial charge in [-0.1, -0.05) is 96.8 Å². The maximum Gasteiger partial charge on any atom is 2.00 e. The quantitative estimate of drug-likeness (QED) is 0.180. The van der Waals surface area contributed by atoms with Crippen LogP contribution < -0.4 is 0 Å². The fourth-order valence-electron chi connectivity index (χ4n) is 2.95. The monoisotopic (exact) mass is 368 g/mol. The van der Waals surface area contributed by atoms with E-state index in [9.17, 15) is 9.59 Å². The van der Waals surface area contributed by atoms with Crippen molar-refractivity contribution in [1.29, 1.82) is 0 Å². The molecule has 140 valence electrons. The Morgan fingerprint density at radius 2 is 1.00 bits per heavy atom. The van der Waals surface area contributed by atoms with Crippen molar-refractivity contribution in [2.75, 3.05) is 0 Å². The van der Waals surface area contributed by atoms with Crippen molar-refractivity contribution in [2.45, 2.75) is 116 Å². The standard InChI is InChI=1S/C20H38O3.Ca.2H/c1-2-3-4-5-6-7-8-9-10-11-12-13-14-15-16-17-19(21)18-20(22)23;;;/h2-18H2,1H3,(H,22,23);;;/q;+2;2*-1. The maximum atomic E-state index is 11.2. The van der Waals surface area contributed by atoms with Crippen LogP contribution in [0.3, 0.4) is 0 Å². The van der Waals surface area contributed by atoms with Crippen molar-refractivity contribution in [3.8, 4) is 0 Å². The van der Waals surface area contributed by atoms with Gasteiger partial charge >= 0.3 is 43.7 Å². The molecule has 0 radical (unpaired) electrons. The van der Waals surface area contributed by atoms with Gasteiger partial charge in [0.15, 0.2) is 0 Å². The summed E-state index contributed by atoms with van der Waals surface area (Å²) in [6.45, 7) is 2.26. The predicted octanol–water partition coefficient (Wildman–Crippen LogP) is 6.14. The number of hydrogen-bond donors (Lipinski definition) is 1. The number of carbonyl (C=O) groups excluding carboxylic acids is 1. The van der Waals surface area contributed by atoms with Gasteiger partial charge in [-0.3, -0.25) is 9.59 Å². The normalized spacial score (nSPS) is 10.4. The fraction of sp³-hybridized carbons (Fsp3) is 0.900. The molecule has 0 rings (SSSR count). The summed E-state index contributed by atoms with van der Waals surface area (Å²) in [5, 5.41) is 8.49. The zero-order chi connectivity index (χ0) is 17.2. The van der Waals surface area contributed by atoms with E-state index in [4.69, 9.17) is 5.11 Å². The molecule has 0 aromatic heterocycles. The van der Waals surface area contributed by atoms with Crippen molar-refractivity contribution in [3.63, 3.8) is 0 Å². The van der Waals surface area contributed by atoms with Gasteiger partial charge in [-0.2, -0.15) is 0 Å². The molecule has 0 saturated heterocycles. The molecule has 0 atom stereocenters. The largest absolute Gasteiger partial charge is 2.00 e. The summed E-state index contributed by atoms with van der Waals surface area (Å²) in [5.74, 6) is -1.14. The molecule has 0 unspecified atom stereocenters. The second-order valence-electron chi connectivity index (χ2n) is 6.81. The first-order valence-corrected chi connectivity index (χ1v) is 9.90. The van der Waals surface area contributed by atoms with Gasteiger partial charge in [0.05, 0.1) is 0 Å². The van der Waals surface area contributed by atoms with E-state index in [-0.39, 0.29) is 52.8 Å². The Morgan fingerprint density at radius 1 is 0.667 bits per heavy atom. The van der Waals surface area contributed by atoms with Crippen LogP contribution in [0, 0.1) is 0 Å². The van der Waals surface area contributed by atoms with E-state index in [1.54, 1.807) is 0 Å². The van der Waals surface area contributed by atoms with Crippen molar-refractivity contribution < 1.29 is 17.5 Å². The van der Waals surface area contributed by atoms with Gasteiger partial charge in [-0.05, 0) is 6.42 Å². The molecule has 0 aliphatic rings. The van der Waals surface area contributed by atoms with Gasteiger partial charge < -0.3 is 7.96 Å². The van der Waals surface area contributed by atoms with Crippen LogP contribution in [0.15, 0.2) is 0 Å². The first-order chi connectivity index (χ1) is 11.2. The van der Waals surface area contributed by atoms with Gasteiger partial charge in [-0.25, -0.2) is 0 Å². The van der Waals surface area contributed by atoms with Crippen LogP contribution in [0.1, 0.15) is 119 Å². The Bertz CT molecular complexity index is 303. The molecule has 0 aromatic carbocycles. The molecule has 0 aliphatic heterocycles. The number of rotatable bonds is 18. The van der Waals surface area contributed by atoms with Crippen molar-refractivity contribution in [3.05, 3.63) is 0 Å². The summed E-state index contributed by atoms with van der Waals surface area (Å²) in [5.41, 5.74) is 0. The van der Waals surface area contributed by atoms with Crippen LogP contribution in [0.4, 0.5) is 0 Å². The van der Waals surface area contributed by atoms with E-state index in [2.05, 4.69) is 6.92 Å². The Morgan fingerprint density at radius 3 is 1.33 bits per heavy atom. The third-order valence-electron chi connectivity index (χ3n) is 4.41. The van der Waals surface area contributed by atoms with E-state index >= 15 is 0 Å². The Hall–Kier alpha value is 0.400. The van der Waals surface area contributed by atoms with Gasteiger partial charge in [0.1, 0.15) is 12.2 Å². The van der Waals surface area contributed by atoms with Gasteiger partial charge in [0.2, 0.25) is 0 Å². The molecule has 0 fully saturated rings. The van der Waals surface area contributed by atoms with Crippen LogP contribution in [0.2, 0.25) is 0 Å². The number of ketones is 1. The molecule has 1 N–H and O–H groups in total. The number of unbranched alkanes of at least 4 members (excludes halogenated alkanes) is 14. The first-order valence-electron chi connectivity index (χ1n) is 9.90. The average molecular weight is 369 g/mol. The summed E-state index contributed by atoms with van der Waals surface area (Å²) in [6, 6.07) is 0. The number of carboxylic acid groups (broad SMARTS) is 1. The molecule has 0 bridgehead atoms. The number of carbonyl (C=O) groups is 2. The van der Waals surface area contributed by atoms with Crippen molar-refractivity contribution in [2.24, 2.45) is 0 Å². The number of aliphatic carboxylic acids is 1. The van der Waals surface area contributed by atoms with Crippen LogP contribution >= 0.6 is 0 Å². The topological polar surface area (TPSA) is 54.4 Å². The van der Waals surface area contributed by atoms with Crippen molar-refractivity contribution >= 4 is 49.5 Å². The van der Waals surface area contributed by atoms with Crippen LogP contribution in [-0.2, 0) is 9.59 Å². The molecule has 0 saturated carbocycles.